The molecule has 0 aliphatic rings. The van der Waals surface area contributed by atoms with Gasteiger partial charge >= 0.3 is 5.97 Å². The Hall–Kier alpha value is -2.57. The third-order valence-corrected chi connectivity index (χ3v) is 2.23. The number of hydrogen-bond acceptors (Lipinski definition) is 5. The van der Waals surface area contributed by atoms with Crippen molar-refractivity contribution in [1.29, 1.82) is 0 Å². The number of rotatable bonds is 3. The maximum absolute atomic E-state index is 13.1. The van der Waals surface area contributed by atoms with Crippen molar-refractivity contribution in [2.45, 2.75) is 6.92 Å². The van der Waals surface area contributed by atoms with Crippen LogP contribution >= 0.6 is 0 Å². The van der Waals surface area contributed by atoms with E-state index in [2.05, 4.69) is 10.1 Å². The number of hydrogen-bond donors (Lipinski definition) is 0. The number of aromatic nitrogens is 3. The van der Waals surface area contributed by atoms with Crippen molar-refractivity contribution < 1.29 is 13.9 Å². The summed E-state index contributed by atoms with van der Waals surface area (Å²) in [7, 11) is 0. The summed E-state index contributed by atoms with van der Waals surface area (Å²) >= 11 is 0. The van der Waals surface area contributed by atoms with Crippen molar-refractivity contribution in [1.82, 2.24) is 14.8 Å². The number of ether oxygens (including phenoxy) is 1. The Morgan fingerprint density at radius 2 is 2.26 bits per heavy atom. The van der Waals surface area contributed by atoms with E-state index in [1.54, 1.807) is 6.92 Å². The molecule has 0 fully saturated rings. The Bertz CT molecular complexity index is 669. The van der Waals surface area contributed by atoms with Gasteiger partial charge in [-0.2, -0.15) is 5.10 Å². The van der Waals surface area contributed by atoms with Gasteiger partial charge in [0.15, 0.2) is 0 Å². The van der Waals surface area contributed by atoms with Crippen LogP contribution in [0.1, 0.15) is 17.4 Å². The maximum Gasteiger partial charge on any atom is 0.362 e. The summed E-state index contributed by atoms with van der Waals surface area (Å²) in [6.45, 7) is 1.76. The van der Waals surface area contributed by atoms with E-state index in [1.165, 1.54) is 23.1 Å². The van der Waals surface area contributed by atoms with Gasteiger partial charge in [0.2, 0.25) is 11.1 Å². The monoisotopic (exact) mass is 263 g/mol. The number of esters is 1. The van der Waals surface area contributed by atoms with Gasteiger partial charge in [0.05, 0.1) is 24.7 Å². The average Bonchev–Trinajstić information content (AvgIpc) is 2.39. The highest BCUT2D eigenvalue weighted by Crippen LogP contribution is 2.05. The molecule has 7 heteroatoms. The van der Waals surface area contributed by atoms with Crippen molar-refractivity contribution >= 4 is 5.97 Å². The molecule has 0 unspecified atom stereocenters. The Kier molecular flexibility index (Phi) is 3.65. The third-order valence-electron chi connectivity index (χ3n) is 2.23. The topological polar surface area (TPSA) is 74.1 Å². The zero-order chi connectivity index (χ0) is 13.8. The van der Waals surface area contributed by atoms with Gasteiger partial charge in [-0.3, -0.25) is 9.78 Å². The van der Waals surface area contributed by atoms with Crippen LogP contribution in [0.3, 0.4) is 0 Å². The van der Waals surface area contributed by atoms with E-state index in [0.29, 0.717) is 5.69 Å². The van der Waals surface area contributed by atoms with Crippen LogP contribution in [0.15, 0.2) is 35.5 Å². The molecule has 2 aromatic heterocycles. The minimum absolute atomic E-state index is 0.135. The van der Waals surface area contributed by atoms with Crippen LogP contribution < -0.4 is 5.43 Å². The third kappa shape index (κ3) is 2.82. The molecule has 0 saturated carbocycles. The molecule has 6 nitrogen and oxygen atoms in total. The molecule has 0 amide bonds. The molecule has 0 N–H and O–H groups in total. The van der Waals surface area contributed by atoms with E-state index in [1.807, 2.05) is 0 Å². The summed E-state index contributed by atoms with van der Waals surface area (Å²) in [6.07, 6.45) is 3.72. The maximum atomic E-state index is 13.1. The van der Waals surface area contributed by atoms with E-state index in [4.69, 9.17) is 4.74 Å². The van der Waals surface area contributed by atoms with Crippen LogP contribution in [0.25, 0.3) is 5.69 Å². The average molecular weight is 263 g/mol. The fourth-order valence-electron chi connectivity index (χ4n) is 1.42. The summed E-state index contributed by atoms with van der Waals surface area (Å²) in [5.41, 5.74) is -0.613. The lowest BCUT2D eigenvalue weighted by Crippen LogP contribution is -2.22. The molecular formula is C12H10FN3O3. The second kappa shape index (κ2) is 5.38. The molecule has 2 aromatic rings. The summed E-state index contributed by atoms with van der Waals surface area (Å²) in [5.74, 6) is -1.36. The van der Waals surface area contributed by atoms with Crippen LogP contribution in [0.4, 0.5) is 4.39 Å². The SMILES string of the molecule is CCOC(=O)c1nn(-c2cncc(F)c2)ccc1=O. The molecule has 2 heterocycles. The molecule has 0 spiro atoms. The standard InChI is InChI=1S/C12H10FN3O3/c1-2-19-12(18)11-10(17)3-4-16(15-11)9-5-8(13)6-14-7-9/h3-7H,2H2,1H3. The highest BCUT2D eigenvalue weighted by Gasteiger charge is 2.14. The van der Waals surface area contributed by atoms with Crippen LogP contribution in [0.2, 0.25) is 0 Å². The fraction of sp³-hybridized carbons (Fsp3) is 0.167. The van der Waals surface area contributed by atoms with Gasteiger partial charge in [-0.15, -0.1) is 0 Å². The number of nitrogens with zero attached hydrogens (tertiary/aromatic N) is 3. The normalized spacial score (nSPS) is 10.2. The van der Waals surface area contributed by atoms with E-state index in [9.17, 15) is 14.0 Å². The van der Waals surface area contributed by atoms with Crippen LogP contribution in [0.5, 0.6) is 0 Å². The molecule has 98 valence electrons. The fourth-order valence-corrected chi connectivity index (χ4v) is 1.42. The summed E-state index contributed by atoms with van der Waals surface area (Å²) in [5, 5.41) is 3.83. The van der Waals surface area contributed by atoms with Crippen molar-refractivity contribution in [3.63, 3.8) is 0 Å². The van der Waals surface area contributed by atoms with Gasteiger partial charge in [0, 0.05) is 18.3 Å². The zero-order valence-corrected chi connectivity index (χ0v) is 10.0. The second-order valence-corrected chi connectivity index (χ2v) is 3.55. The largest absolute Gasteiger partial charge is 0.461 e. The van der Waals surface area contributed by atoms with Gasteiger partial charge in [0.25, 0.3) is 0 Å². The van der Waals surface area contributed by atoms with Gasteiger partial charge in [-0.05, 0) is 6.92 Å². The Labute approximate surface area is 107 Å². The molecule has 0 aliphatic carbocycles. The predicted molar refractivity (Wildman–Crippen MR) is 63.5 cm³/mol. The Morgan fingerprint density at radius 3 is 2.95 bits per heavy atom. The first-order valence-electron chi connectivity index (χ1n) is 5.50. The Balaban J connectivity index is 2.47. The number of halogens is 1. The van der Waals surface area contributed by atoms with E-state index in [-0.39, 0.29) is 12.3 Å². The van der Waals surface area contributed by atoms with Gasteiger partial charge in [-0.1, -0.05) is 0 Å². The van der Waals surface area contributed by atoms with Crippen LogP contribution in [0, 0.1) is 5.82 Å². The molecule has 19 heavy (non-hydrogen) atoms. The first kappa shape index (κ1) is 12.9. The molecule has 0 bridgehead atoms. The molecule has 0 atom stereocenters. The molecule has 2 rings (SSSR count). The summed E-state index contributed by atoms with van der Waals surface area (Å²) < 4.78 is 19.0. The minimum atomic E-state index is -0.814. The first-order chi connectivity index (χ1) is 9.11. The van der Waals surface area contributed by atoms with Crippen molar-refractivity contribution in [3.8, 4) is 5.69 Å². The van der Waals surface area contributed by atoms with Gasteiger partial charge in [0.1, 0.15) is 5.82 Å². The lowest BCUT2D eigenvalue weighted by molar-refractivity contribution is 0.0515. The smallest absolute Gasteiger partial charge is 0.362 e. The first-order valence-corrected chi connectivity index (χ1v) is 5.50. The Morgan fingerprint density at radius 1 is 1.47 bits per heavy atom. The van der Waals surface area contributed by atoms with E-state index >= 15 is 0 Å². The number of carbonyl (C=O) groups excluding carboxylic acids is 1. The molecule has 0 aromatic carbocycles. The van der Waals surface area contributed by atoms with E-state index in [0.717, 1.165) is 12.3 Å². The van der Waals surface area contributed by atoms with Crippen LogP contribution in [-0.2, 0) is 4.74 Å². The number of carbonyl (C=O) groups is 1. The lowest BCUT2D eigenvalue weighted by Gasteiger charge is -2.06. The number of pyridine rings is 1. The van der Waals surface area contributed by atoms with Crippen molar-refractivity contribution in [3.05, 3.63) is 52.5 Å². The van der Waals surface area contributed by atoms with Crippen molar-refractivity contribution in [2.24, 2.45) is 0 Å². The second-order valence-electron chi connectivity index (χ2n) is 3.55. The molecule has 0 radical (unpaired) electrons. The lowest BCUT2D eigenvalue weighted by atomic mass is 10.3. The van der Waals surface area contributed by atoms with E-state index < -0.39 is 17.2 Å². The molecule has 0 saturated heterocycles. The summed E-state index contributed by atoms with van der Waals surface area (Å²) in [6, 6.07) is 2.34. The highest BCUT2D eigenvalue weighted by atomic mass is 19.1. The zero-order valence-electron chi connectivity index (χ0n) is 10.0. The summed E-state index contributed by atoms with van der Waals surface area (Å²) in [4.78, 5) is 26.7. The highest BCUT2D eigenvalue weighted by molar-refractivity contribution is 5.86. The molecule has 0 aliphatic heterocycles. The quantitative estimate of drug-likeness (QED) is 0.770. The molecular weight excluding hydrogens is 253 g/mol. The van der Waals surface area contributed by atoms with Gasteiger partial charge < -0.3 is 4.74 Å². The van der Waals surface area contributed by atoms with Gasteiger partial charge in [-0.25, -0.2) is 13.9 Å². The predicted octanol–water partition coefficient (Wildman–Crippen LogP) is 0.943. The minimum Gasteiger partial charge on any atom is -0.461 e. The van der Waals surface area contributed by atoms with Crippen molar-refractivity contribution in [2.75, 3.05) is 6.61 Å². The van der Waals surface area contributed by atoms with Crippen LogP contribution in [-0.4, -0.2) is 27.3 Å².